The maximum Gasteiger partial charge on any atom is 0.258 e. The second-order valence-electron chi connectivity index (χ2n) is 7.92. The topological polar surface area (TPSA) is 113 Å². The van der Waals surface area contributed by atoms with Crippen LogP contribution in [-0.4, -0.2) is 24.4 Å². The van der Waals surface area contributed by atoms with Gasteiger partial charge in [0.05, 0.1) is 22.6 Å². The largest absolute Gasteiger partial charge is 0.396 e. The number of nitrogens with zero attached hydrogens (tertiary/aromatic N) is 4. The number of nitrogens with one attached hydrogen (secondary N) is 1. The number of thioether (sulfide) groups is 1. The molecular weight excluding hydrogens is 456 g/mol. The SMILES string of the molecule is CN(C)c1cc[nH+]c(SCc2c(C#N)c(N)c(C(=O)c3ccccc3)n2-c2ccccc2)c1C#N. The van der Waals surface area contributed by atoms with E-state index in [1.165, 1.54) is 11.8 Å². The van der Waals surface area contributed by atoms with Crippen molar-refractivity contribution >= 4 is 28.9 Å². The number of aromatic amines is 1. The summed E-state index contributed by atoms with van der Waals surface area (Å²) in [6.45, 7) is 0. The second kappa shape index (κ2) is 10.2. The van der Waals surface area contributed by atoms with Crippen LogP contribution < -0.4 is 15.6 Å². The number of nitrogen functional groups attached to an aromatic ring is 1. The number of para-hydroxylation sites is 1. The van der Waals surface area contributed by atoms with Gasteiger partial charge in [-0.15, -0.1) is 0 Å². The maximum absolute atomic E-state index is 13.6. The molecule has 2 heterocycles. The number of pyridine rings is 1. The number of aromatic nitrogens is 2. The minimum Gasteiger partial charge on any atom is -0.396 e. The normalized spacial score (nSPS) is 10.4. The standard InChI is InChI=1S/C27H22N6OS/c1-32(2)22-13-14-31-27(21(22)16-29)35-17-23-20(15-28)24(30)25(26(34)18-9-5-3-6-10-18)33(23)19-11-7-4-8-12-19/h3-14H,17,30H2,1-2H3/p+1. The average molecular weight is 480 g/mol. The van der Waals surface area contributed by atoms with Crippen LogP contribution in [0.25, 0.3) is 5.69 Å². The van der Waals surface area contributed by atoms with E-state index in [4.69, 9.17) is 5.73 Å². The Morgan fingerprint density at radius 1 is 1.00 bits per heavy atom. The third-order valence-electron chi connectivity index (χ3n) is 5.57. The van der Waals surface area contributed by atoms with Gasteiger partial charge in [0.15, 0.2) is 11.8 Å². The molecule has 0 saturated carbocycles. The second-order valence-corrected chi connectivity index (χ2v) is 8.91. The van der Waals surface area contributed by atoms with Gasteiger partial charge in [0.2, 0.25) is 5.78 Å². The molecule has 0 atom stereocenters. The molecule has 7 nitrogen and oxygen atoms in total. The van der Waals surface area contributed by atoms with E-state index in [9.17, 15) is 15.3 Å². The Bertz CT molecular complexity index is 1460. The summed E-state index contributed by atoms with van der Waals surface area (Å²) in [4.78, 5) is 18.6. The number of benzene rings is 2. The fourth-order valence-electron chi connectivity index (χ4n) is 3.92. The van der Waals surface area contributed by atoms with Gasteiger partial charge < -0.3 is 15.2 Å². The molecule has 8 heteroatoms. The third kappa shape index (κ3) is 4.48. The van der Waals surface area contributed by atoms with Gasteiger partial charge in [-0.05, 0) is 23.9 Å². The van der Waals surface area contributed by atoms with Crippen molar-refractivity contribution in [2.75, 3.05) is 24.7 Å². The van der Waals surface area contributed by atoms with Gasteiger partial charge in [-0.2, -0.15) is 10.5 Å². The summed E-state index contributed by atoms with van der Waals surface area (Å²) in [5.74, 6) is 0.0464. The summed E-state index contributed by atoms with van der Waals surface area (Å²) in [6.07, 6.45) is 1.78. The van der Waals surface area contributed by atoms with Gasteiger partial charge in [-0.25, -0.2) is 4.98 Å². The average Bonchev–Trinajstić information content (AvgIpc) is 3.18. The fraction of sp³-hybridized carbons (Fsp3) is 0.111. The fourth-order valence-corrected chi connectivity index (χ4v) is 4.92. The van der Waals surface area contributed by atoms with Crippen LogP contribution in [0.1, 0.15) is 32.9 Å². The molecule has 0 fully saturated rings. The van der Waals surface area contributed by atoms with Crippen molar-refractivity contribution in [3.63, 3.8) is 0 Å². The van der Waals surface area contributed by atoms with Gasteiger partial charge in [-0.3, -0.25) is 4.79 Å². The number of nitrogens with two attached hydrogens (primary N) is 1. The molecule has 2 aromatic heterocycles. The van der Waals surface area contributed by atoms with Crippen LogP contribution in [0.15, 0.2) is 78.0 Å². The van der Waals surface area contributed by atoms with Gasteiger partial charge >= 0.3 is 0 Å². The first kappa shape index (κ1) is 23.6. The first-order valence-electron chi connectivity index (χ1n) is 10.8. The molecule has 3 N–H and O–H groups in total. The van der Waals surface area contributed by atoms with Crippen molar-refractivity contribution in [3.05, 3.63) is 101 Å². The van der Waals surface area contributed by atoms with Gasteiger partial charge in [0.1, 0.15) is 17.8 Å². The van der Waals surface area contributed by atoms with Crippen molar-refractivity contribution in [1.29, 1.82) is 10.5 Å². The molecule has 0 bridgehead atoms. The van der Waals surface area contributed by atoms with E-state index in [0.29, 0.717) is 27.6 Å². The lowest BCUT2D eigenvalue weighted by molar-refractivity contribution is -0.426. The molecule has 4 aromatic rings. The summed E-state index contributed by atoms with van der Waals surface area (Å²) in [7, 11) is 3.75. The number of carbonyl (C=O) groups is 1. The van der Waals surface area contributed by atoms with Crippen LogP contribution in [0.5, 0.6) is 0 Å². The van der Waals surface area contributed by atoms with E-state index in [1.54, 1.807) is 35.0 Å². The van der Waals surface area contributed by atoms with Crippen molar-refractivity contribution in [1.82, 2.24) is 4.57 Å². The van der Waals surface area contributed by atoms with Crippen LogP contribution in [0.4, 0.5) is 11.4 Å². The van der Waals surface area contributed by atoms with E-state index < -0.39 is 0 Å². The molecule has 0 aliphatic rings. The van der Waals surface area contributed by atoms with Crippen molar-refractivity contribution in [3.8, 4) is 17.8 Å². The van der Waals surface area contributed by atoms with Crippen LogP contribution in [-0.2, 0) is 5.75 Å². The zero-order valence-electron chi connectivity index (χ0n) is 19.3. The Balaban J connectivity index is 1.87. The van der Waals surface area contributed by atoms with Crippen molar-refractivity contribution in [2.24, 2.45) is 0 Å². The number of H-pyrrole nitrogens is 1. The molecule has 4 rings (SSSR count). The first-order valence-corrected chi connectivity index (χ1v) is 11.8. The molecular formula is C27H23N6OS+. The molecule has 35 heavy (non-hydrogen) atoms. The van der Waals surface area contributed by atoms with Gasteiger partial charge in [-0.1, -0.05) is 48.5 Å². The predicted molar refractivity (Wildman–Crippen MR) is 136 cm³/mol. The monoisotopic (exact) mass is 479 g/mol. The number of rotatable bonds is 7. The highest BCUT2D eigenvalue weighted by Gasteiger charge is 2.28. The number of hydrogen-bond acceptors (Lipinski definition) is 6. The molecule has 0 radical (unpaired) electrons. The van der Waals surface area contributed by atoms with E-state index in [1.807, 2.05) is 61.5 Å². The maximum atomic E-state index is 13.6. The zero-order chi connectivity index (χ0) is 24.9. The summed E-state index contributed by atoms with van der Waals surface area (Å²) in [5.41, 5.74) is 10.2. The first-order chi connectivity index (χ1) is 17.0. The summed E-state index contributed by atoms with van der Waals surface area (Å²) in [6, 6.07) is 24.5. The minimum absolute atomic E-state index is 0.146. The van der Waals surface area contributed by atoms with E-state index >= 15 is 0 Å². The van der Waals surface area contributed by atoms with Gasteiger partial charge in [0.25, 0.3) is 5.03 Å². The van der Waals surface area contributed by atoms with Crippen LogP contribution in [0, 0.1) is 22.7 Å². The highest BCUT2D eigenvalue weighted by atomic mass is 32.2. The summed E-state index contributed by atoms with van der Waals surface area (Å²) >= 11 is 1.38. The van der Waals surface area contributed by atoms with Crippen molar-refractivity contribution in [2.45, 2.75) is 10.8 Å². The number of anilines is 2. The number of ketones is 1. The predicted octanol–water partition coefficient (Wildman–Crippen LogP) is 4.21. The molecule has 172 valence electrons. The van der Waals surface area contributed by atoms with Crippen LogP contribution >= 0.6 is 11.8 Å². The lowest BCUT2D eigenvalue weighted by Gasteiger charge is -2.14. The Morgan fingerprint density at radius 3 is 2.23 bits per heavy atom. The summed E-state index contributed by atoms with van der Waals surface area (Å²) in [5, 5.41) is 20.5. The Kier molecular flexibility index (Phi) is 6.86. The molecule has 0 amide bonds. The van der Waals surface area contributed by atoms with E-state index in [-0.39, 0.29) is 22.7 Å². The van der Waals surface area contributed by atoms with Crippen LogP contribution in [0.3, 0.4) is 0 Å². The molecule has 0 aliphatic carbocycles. The number of nitriles is 2. The quantitative estimate of drug-likeness (QED) is 0.314. The van der Waals surface area contributed by atoms with Gasteiger partial charge in [0, 0.05) is 37.2 Å². The Hall–Kier alpha value is -4.53. The van der Waals surface area contributed by atoms with E-state index in [2.05, 4.69) is 17.1 Å². The Labute approximate surface area is 208 Å². The summed E-state index contributed by atoms with van der Waals surface area (Å²) < 4.78 is 1.76. The van der Waals surface area contributed by atoms with Crippen molar-refractivity contribution < 1.29 is 9.78 Å². The zero-order valence-corrected chi connectivity index (χ0v) is 20.1. The lowest BCUT2D eigenvalue weighted by atomic mass is 10.1. The smallest absolute Gasteiger partial charge is 0.258 e. The lowest BCUT2D eigenvalue weighted by Crippen LogP contribution is -2.16. The molecule has 0 unspecified atom stereocenters. The Morgan fingerprint density at radius 2 is 1.63 bits per heavy atom. The third-order valence-corrected chi connectivity index (χ3v) is 6.60. The molecule has 0 spiro atoms. The minimum atomic E-state index is -0.265. The highest BCUT2D eigenvalue weighted by molar-refractivity contribution is 7.98. The number of hydrogen-bond donors (Lipinski definition) is 1. The van der Waals surface area contributed by atoms with Crippen LogP contribution in [0.2, 0.25) is 0 Å². The molecule has 0 aliphatic heterocycles. The highest BCUT2D eigenvalue weighted by Crippen LogP contribution is 2.35. The van der Waals surface area contributed by atoms with E-state index in [0.717, 1.165) is 11.4 Å². The molecule has 2 aromatic carbocycles. The number of carbonyl (C=O) groups excluding carboxylic acids is 1. The molecule has 0 saturated heterocycles.